The van der Waals surface area contributed by atoms with Gasteiger partial charge >= 0.3 is 0 Å². The zero-order valence-electron chi connectivity index (χ0n) is 19.5. The second-order valence-corrected chi connectivity index (χ2v) is 7.88. The largest absolute Gasteiger partial charge is 0.347 e. The van der Waals surface area contributed by atoms with Gasteiger partial charge in [-0.2, -0.15) is 0 Å². The predicted molar refractivity (Wildman–Crippen MR) is 124 cm³/mol. The number of hydrogen-bond donors (Lipinski definition) is 5. The molecule has 0 aliphatic carbocycles. The van der Waals surface area contributed by atoms with Crippen molar-refractivity contribution in [1.29, 1.82) is 0 Å². The normalized spacial score (nSPS) is 11.4. The van der Waals surface area contributed by atoms with Crippen LogP contribution in [0.5, 0.6) is 0 Å². The van der Waals surface area contributed by atoms with E-state index in [9.17, 15) is 24.0 Å². The minimum Gasteiger partial charge on any atom is -0.347 e. The third kappa shape index (κ3) is 12.4. The summed E-state index contributed by atoms with van der Waals surface area (Å²) in [5.41, 5.74) is 0.817. The summed E-state index contributed by atoms with van der Waals surface area (Å²) in [6, 6.07) is 8.15. The van der Waals surface area contributed by atoms with Crippen molar-refractivity contribution in [2.75, 3.05) is 32.7 Å². The topological polar surface area (TPSA) is 146 Å². The van der Waals surface area contributed by atoms with Crippen molar-refractivity contribution in [3.8, 4) is 0 Å². The van der Waals surface area contributed by atoms with Gasteiger partial charge in [-0.05, 0) is 18.5 Å². The Balaban J connectivity index is 2.61. The van der Waals surface area contributed by atoms with Gasteiger partial charge in [0.1, 0.15) is 6.04 Å². The fraction of sp³-hybridized carbons (Fsp3) is 0.522. The number of benzene rings is 1. The lowest BCUT2D eigenvalue weighted by Gasteiger charge is -2.19. The number of amides is 4. The van der Waals surface area contributed by atoms with Crippen molar-refractivity contribution in [3.05, 3.63) is 35.9 Å². The summed E-state index contributed by atoms with van der Waals surface area (Å²) in [7, 11) is 0. The number of carbonyl (C=O) groups excluding carboxylic acids is 5. The zero-order valence-corrected chi connectivity index (χ0v) is 19.5. The third-order valence-electron chi connectivity index (χ3n) is 4.62. The molecule has 0 aliphatic heterocycles. The fourth-order valence-corrected chi connectivity index (χ4v) is 2.67. The van der Waals surface area contributed by atoms with Gasteiger partial charge in [0, 0.05) is 12.3 Å². The van der Waals surface area contributed by atoms with Crippen molar-refractivity contribution in [1.82, 2.24) is 26.6 Å². The number of ketones is 1. The minimum atomic E-state index is -0.944. The average molecular weight is 462 g/mol. The highest BCUT2D eigenvalue weighted by Crippen LogP contribution is 2.03. The first-order valence-corrected chi connectivity index (χ1v) is 11.1. The van der Waals surface area contributed by atoms with Gasteiger partial charge in [-0.3, -0.25) is 24.0 Å². The molecule has 0 heterocycles. The van der Waals surface area contributed by atoms with Gasteiger partial charge in [0.2, 0.25) is 23.6 Å². The second kappa shape index (κ2) is 15.5. The van der Waals surface area contributed by atoms with Crippen LogP contribution in [0.15, 0.2) is 30.3 Å². The summed E-state index contributed by atoms with van der Waals surface area (Å²) < 4.78 is 0. The molecule has 0 fully saturated rings. The molecule has 0 saturated carbocycles. The molecule has 1 unspecified atom stereocenters. The Kier molecular flexibility index (Phi) is 13.1. The van der Waals surface area contributed by atoms with Crippen molar-refractivity contribution >= 4 is 29.4 Å². The molecular weight excluding hydrogens is 426 g/mol. The summed E-state index contributed by atoms with van der Waals surface area (Å²) in [6.07, 6.45) is 1.09. The van der Waals surface area contributed by atoms with Gasteiger partial charge in [0.05, 0.1) is 26.2 Å². The third-order valence-corrected chi connectivity index (χ3v) is 4.62. The minimum absolute atomic E-state index is 0.101. The Labute approximate surface area is 194 Å². The Morgan fingerprint density at radius 3 is 2.03 bits per heavy atom. The maximum atomic E-state index is 12.7. The maximum Gasteiger partial charge on any atom is 0.243 e. The average Bonchev–Trinajstić information content (AvgIpc) is 2.79. The second-order valence-electron chi connectivity index (χ2n) is 7.88. The molecular formula is C23H35N5O5. The molecule has 1 atom stereocenters. The van der Waals surface area contributed by atoms with Gasteiger partial charge in [-0.15, -0.1) is 0 Å². The van der Waals surface area contributed by atoms with E-state index in [1.165, 1.54) is 0 Å². The van der Waals surface area contributed by atoms with Crippen LogP contribution >= 0.6 is 0 Å². The van der Waals surface area contributed by atoms with Crippen LogP contribution in [0.2, 0.25) is 0 Å². The molecule has 10 heteroatoms. The molecule has 1 aromatic carbocycles. The van der Waals surface area contributed by atoms with Crippen molar-refractivity contribution in [3.63, 3.8) is 0 Å². The lowest BCUT2D eigenvalue weighted by atomic mass is 10.1. The number of hydrogen-bond acceptors (Lipinski definition) is 6. The fourth-order valence-electron chi connectivity index (χ4n) is 2.67. The molecule has 0 saturated heterocycles. The Hall–Kier alpha value is -3.27. The van der Waals surface area contributed by atoms with Crippen LogP contribution in [-0.4, -0.2) is 68.2 Å². The lowest BCUT2D eigenvalue weighted by Crippen LogP contribution is -2.52. The molecule has 33 heavy (non-hydrogen) atoms. The summed E-state index contributed by atoms with van der Waals surface area (Å²) >= 11 is 0. The number of carbonyl (C=O) groups is 5. The molecule has 0 aromatic heterocycles. The van der Waals surface area contributed by atoms with Gasteiger partial charge in [-0.25, -0.2) is 0 Å². The summed E-state index contributed by atoms with van der Waals surface area (Å²) in [5.74, 6) is -2.22. The molecule has 0 radical (unpaired) electrons. The Morgan fingerprint density at radius 2 is 1.39 bits per heavy atom. The van der Waals surface area contributed by atoms with E-state index in [1.807, 2.05) is 37.3 Å². The molecule has 1 rings (SSSR count). The standard InChI is InChI=1S/C23H35N5O5/c1-4-10-24-13-20(30)26-15-22(32)28-18(11-17-8-6-5-7-9-17)23(33)27-14-21(31)25-12-19(29)16(2)3/h5-9,16,18,24H,4,10-15H2,1-3H3,(H,25,31)(H,26,30)(H,27,33)(H,28,32). The Morgan fingerprint density at radius 1 is 0.788 bits per heavy atom. The zero-order chi connectivity index (χ0) is 24.6. The number of rotatable bonds is 15. The van der Waals surface area contributed by atoms with Crippen molar-refractivity contribution in [2.45, 2.75) is 39.7 Å². The highest BCUT2D eigenvalue weighted by atomic mass is 16.2. The summed E-state index contributed by atoms with van der Waals surface area (Å²) in [6.45, 7) is 5.53. The van der Waals surface area contributed by atoms with Crippen LogP contribution in [0.1, 0.15) is 32.8 Å². The highest BCUT2D eigenvalue weighted by Gasteiger charge is 2.22. The molecule has 5 N–H and O–H groups in total. The van der Waals surface area contributed by atoms with Crippen LogP contribution in [0.25, 0.3) is 0 Å². The summed E-state index contributed by atoms with van der Waals surface area (Å²) in [4.78, 5) is 60.3. The Bertz CT molecular complexity index is 798. The van der Waals surface area contributed by atoms with Gasteiger partial charge in [0.15, 0.2) is 5.78 Å². The van der Waals surface area contributed by atoms with Crippen LogP contribution in [-0.2, 0) is 30.4 Å². The molecule has 0 spiro atoms. The molecule has 10 nitrogen and oxygen atoms in total. The van der Waals surface area contributed by atoms with E-state index in [4.69, 9.17) is 0 Å². The predicted octanol–water partition coefficient (Wildman–Crippen LogP) is -0.713. The molecule has 0 aliphatic rings. The van der Waals surface area contributed by atoms with E-state index in [2.05, 4.69) is 26.6 Å². The summed E-state index contributed by atoms with van der Waals surface area (Å²) in [5, 5.41) is 13.0. The first-order chi connectivity index (χ1) is 15.7. The van der Waals surface area contributed by atoms with Crippen LogP contribution in [0.4, 0.5) is 0 Å². The van der Waals surface area contributed by atoms with Crippen molar-refractivity contribution < 1.29 is 24.0 Å². The molecule has 182 valence electrons. The SMILES string of the molecule is CCCNCC(=O)NCC(=O)NC(Cc1ccccc1)C(=O)NCC(=O)NCC(=O)C(C)C. The van der Waals surface area contributed by atoms with E-state index >= 15 is 0 Å². The smallest absolute Gasteiger partial charge is 0.243 e. The van der Waals surface area contributed by atoms with Crippen LogP contribution in [0.3, 0.4) is 0 Å². The first-order valence-electron chi connectivity index (χ1n) is 11.1. The van der Waals surface area contributed by atoms with Crippen LogP contribution in [0, 0.1) is 5.92 Å². The monoisotopic (exact) mass is 461 g/mol. The van der Waals surface area contributed by atoms with Gasteiger partial charge in [0.25, 0.3) is 0 Å². The molecule has 1 aromatic rings. The van der Waals surface area contributed by atoms with E-state index < -0.39 is 23.8 Å². The van der Waals surface area contributed by atoms with Crippen molar-refractivity contribution in [2.24, 2.45) is 5.92 Å². The van der Waals surface area contributed by atoms with E-state index in [0.29, 0.717) is 6.54 Å². The quantitative estimate of drug-likeness (QED) is 0.218. The first kappa shape index (κ1) is 27.8. The highest BCUT2D eigenvalue weighted by molar-refractivity contribution is 5.93. The number of nitrogens with one attached hydrogen (secondary N) is 5. The van der Waals surface area contributed by atoms with Gasteiger partial charge in [-0.1, -0.05) is 51.1 Å². The maximum absolute atomic E-state index is 12.7. The molecule has 0 bridgehead atoms. The molecule has 4 amide bonds. The van der Waals surface area contributed by atoms with E-state index in [1.54, 1.807) is 13.8 Å². The van der Waals surface area contributed by atoms with Gasteiger partial charge < -0.3 is 26.6 Å². The van der Waals surface area contributed by atoms with E-state index in [-0.39, 0.29) is 50.2 Å². The van der Waals surface area contributed by atoms with E-state index in [0.717, 1.165) is 12.0 Å². The van der Waals surface area contributed by atoms with Crippen LogP contribution < -0.4 is 26.6 Å². The lowest BCUT2D eigenvalue weighted by molar-refractivity contribution is -0.131. The number of Topliss-reactive ketones (excluding diaryl/α,β-unsaturated/α-hetero) is 1.